The summed E-state index contributed by atoms with van der Waals surface area (Å²) in [6, 6.07) is 6.47. The van der Waals surface area contributed by atoms with Gasteiger partial charge in [-0.1, -0.05) is 6.07 Å². The molecule has 0 spiro atoms. The zero-order valence-electron chi connectivity index (χ0n) is 16.7. The lowest BCUT2D eigenvalue weighted by Gasteiger charge is -2.35. The largest absolute Gasteiger partial charge is 0.435 e. The van der Waals surface area contributed by atoms with Gasteiger partial charge in [-0.25, -0.2) is 4.39 Å². The molecular weight excluding hydrogens is 515 g/mol. The Balaban J connectivity index is 0.00000320. The topological polar surface area (TPSA) is 57.5 Å². The molecule has 11 heteroatoms. The minimum Gasteiger partial charge on any atom is -0.369 e. The van der Waals surface area contributed by atoms with E-state index in [1.54, 1.807) is 13.1 Å². The number of hydrogen-bond acceptors (Lipinski definition) is 3. The molecule has 2 heterocycles. The first kappa shape index (κ1) is 24.2. The Kier molecular flexibility index (Phi) is 8.33. The van der Waals surface area contributed by atoms with Crippen LogP contribution in [0, 0.1) is 5.82 Å². The molecule has 0 saturated carbocycles. The van der Waals surface area contributed by atoms with Gasteiger partial charge in [0.25, 0.3) is 0 Å². The minimum atomic E-state index is -4.51. The highest BCUT2D eigenvalue weighted by Crippen LogP contribution is 2.30. The van der Waals surface area contributed by atoms with Crippen LogP contribution < -0.4 is 15.5 Å². The van der Waals surface area contributed by atoms with Gasteiger partial charge in [0.15, 0.2) is 11.7 Å². The maximum absolute atomic E-state index is 13.5. The molecule has 0 aliphatic carbocycles. The van der Waals surface area contributed by atoms with Gasteiger partial charge in [-0.3, -0.25) is 9.67 Å². The van der Waals surface area contributed by atoms with Gasteiger partial charge < -0.3 is 15.5 Å². The third-order valence-electron chi connectivity index (χ3n) is 4.78. The number of anilines is 1. The summed E-state index contributed by atoms with van der Waals surface area (Å²) >= 11 is 0. The van der Waals surface area contributed by atoms with E-state index in [2.05, 4.69) is 25.6 Å². The van der Waals surface area contributed by atoms with E-state index in [0.29, 0.717) is 12.5 Å². The standard InChI is InChI=1S/C19H24F4N6.HI/c1-24-18(25-10-13-11-28(2)27-17(13)19(21,22)23)26-15-6-4-8-29(12-15)16-7-3-5-14(20)9-16;/h3,5,7,9,11,15H,4,6,8,10,12H2,1-2H3,(H2,24,25,26);1H. The molecule has 2 aromatic rings. The smallest absolute Gasteiger partial charge is 0.369 e. The molecule has 1 atom stereocenters. The first-order valence-corrected chi connectivity index (χ1v) is 9.33. The van der Waals surface area contributed by atoms with E-state index >= 15 is 0 Å². The molecular formula is C19H25F4IN6. The molecule has 1 aliphatic rings. The quantitative estimate of drug-likeness (QED) is 0.270. The zero-order valence-corrected chi connectivity index (χ0v) is 19.0. The van der Waals surface area contributed by atoms with Crippen molar-refractivity contribution < 1.29 is 17.6 Å². The van der Waals surface area contributed by atoms with Gasteiger partial charge in [0.05, 0.1) is 0 Å². The van der Waals surface area contributed by atoms with Gasteiger partial charge in [-0.15, -0.1) is 24.0 Å². The van der Waals surface area contributed by atoms with Gasteiger partial charge in [-0.05, 0) is 31.0 Å². The summed E-state index contributed by atoms with van der Waals surface area (Å²) in [5, 5.41) is 9.69. The molecule has 1 aromatic carbocycles. The van der Waals surface area contributed by atoms with Crippen LogP contribution in [0.1, 0.15) is 24.1 Å². The fourth-order valence-corrected chi connectivity index (χ4v) is 3.47. The number of alkyl halides is 3. The van der Waals surface area contributed by atoms with E-state index in [4.69, 9.17) is 0 Å². The number of aromatic nitrogens is 2. The molecule has 0 amide bonds. The van der Waals surface area contributed by atoms with Gasteiger partial charge in [-0.2, -0.15) is 18.3 Å². The average Bonchev–Trinajstić information content (AvgIpc) is 3.06. The van der Waals surface area contributed by atoms with Crippen molar-refractivity contribution in [1.82, 2.24) is 20.4 Å². The van der Waals surface area contributed by atoms with Gasteiger partial charge in [0.2, 0.25) is 0 Å². The number of benzene rings is 1. The van der Waals surface area contributed by atoms with Crippen LogP contribution in [0.5, 0.6) is 0 Å². The maximum atomic E-state index is 13.5. The number of guanidine groups is 1. The number of piperidine rings is 1. The highest BCUT2D eigenvalue weighted by atomic mass is 127. The highest BCUT2D eigenvalue weighted by molar-refractivity contribution is 14.0. The van der Waals surface area contributed by atoms with Crippen molar-refractivity contribution in [3.8, 4) is 0 Å². The number of aliphatic imine (C=N–C) groups is 1. The summed E-state index contributed by atoms with van der Waals surface area (Å²) in [5.41, 5.74) is -0.0458. The number of halogens is 5. The van der Waals surface area contributed by atoms with Crippen LogP contribution in [0.2, 0.25) is 0 Å². The lowest BCUT2D eigenvalue weighted by Crippen LogP contribution is -2.51. The van der Waals surface area contributed by atoms with Crippen molar-refractivity contribution in [3.05, 3.63) is 47.5 Å². The Morgan fingerprint density at radius 2 is 2.10 bits per heavy atom. The van der Waals surface area contributed by atoms with E-state index in [1.807, 2.05) is 6.07 Å². The van der Waals surface area contributed by atoms with Crippen LogP contribution in [0.3, 0.4) is 0 Å². The number of hydrogen-bond donors (Lipinski definition) is 2. The average molecular weight is 540 g/mol. The van der Waals surface area contributed by atoms with Crippen LogP contribution in [-0.4, -0.2) is 41.9 Å². The predicted molar refractivity (Wildman–Crippen MR) is 119 cm³/mol. The Hall–Kier alpha value is -2.05. The van der Waals surface area contributed by atoms with Crippen molar-refractivity contribution >= 4 is 35.6 Å². The monoisotopic (exact) mass is 540 g/mol. The highest BCUT2D eigenvalue weighted by Gasteiger charge is 2.36. The van der Waals surface area contributed by atoms with Crippen LogP contribution in [-0.2, 0) is 19.8 Å². The Morgan fingerprint density at radius 3 is 2.77 bits per heavy atom. The molecule has 1 saturated heterocycles. The second-order valence-corrected chi connectivity index (χ2v) is 7.01. The summed E-state index contributed by atoms with van der Waals surface area (Å²) in [5.74, 6) is 0.125. The minimum absolute atomic E-state index is 0. The molecule has 1 aliphatic heterocycles. The molecule has 3 rings (SSSR count). The molecule has 2 N–H and O–H groups in total. The van der Waals surface area contributed by atoms with Crippen molar-refractivity contribution in [2.75, 3.05) is 25.0 Å². The first-order chi connectivity index (χ1) is 13.8. The Bertz CT molecular complexity index is 867. The van der Waals surface area contributed by atoms with E-state index in [-0.39, 0.29) is 47.9 Å². The van der Waals surface area contributed by atoms with Crippen LogP contribution in [0.25, 0.3) is 0 Å². The fourth-order valence-electron chi connectivity index (χ4n) is 3.47. The van der Waals surface area contributed by atoms with Crippen molar-refractivity contribution in [3.63, 3.8) is 0 Å². The predicted octanol–water partition coefficient (Wildman–Crippen LogP) is 3.53. The van der Waals surface area contributed by atoms with Crippen molar-refractivity contribution in [1.29, 1.82) is 0 Å². The normalized spacial score (nSPS) is 17.5. The van der Waals surface area contributed by atoms with E-state index in [9.17, 15) is 17.6 Å². The molecule has 6 nitrogen and oxygen atoms in total. The molecule has 0 bridgehead atoms. The maximum Gasteiger partial charge on any atom is 0.435 e. The van der Waals surface area contributed by atoms with Crippen molar-refractivity contribution in [2.45, 2.75) is 31.6 Å². The second kappa shape index (κ2) is 10.3. The molecule has 0 radical (unpaired) electrons. The van der Waals surface area contributed by atoms with Crippen LogP contribution in [0.4, 0.5) is 23.2 Å². The zero-order chi connectivity index (χ0) is 21.0. The lowest BCUT2D eigenvalue weighted by atomic mass is 10.0. The van der Waals surface area contributed by atoms with E-state index in [0.717, 1.165) is 29.8 Å². The molecule has 1 fully saturated rings. The molecule has 1 aromatic heterocycles. The van der Waals surface area contributed by atoms with Crippen LogP contribution in [0.15, 0.2) is 35.5 Å². The summed E-state index contributed by atoms with van der Waals surface area (Å²) in [4.78, 5) is 6.20. The van der Waals surface area contributed by atoms with Gasteiger partial charge in [0.1, 0.15) is 5.82 Å². The third kappa shape index (κ3) is 6.22. The molecule has 30 heavy (non-hydrogen) atoms. The van der Waals surface area contributed by atoms with Gasteiger partial charge in [0, 0.05) is 57.2 Å². The van der Waals surface area contributed by atoms with Crippen molar-refractivity contribution in [2.24, 2.45) is 12.0 Å². The fraction of sp³-hybridized carbons (Fsp3) is 0.474. The third-order valence-corrected chi connectivity index (χ3v) is 4.78. The van der Waals surface area contributed by atoms with Gasteiger partial charge >= 0.3 is 6.18 Å². The van der Waals surface area contributed by atoms with E-state index in [1.165, 1.54) is 25.4 Å². The summed E-state index contributed by atoms with van der Waals surface area (Å²) in [7, 11) is 3.02. The second-order valence-electron chi connectivity index (χ2n) is 7.01. The number of nitrogens with zero attached hydrogens (tertiary/aromatic N) is 4. The Labute approximate surface area is 189 Å². The van der Waals surface area contributed by atoms with Crippen LogP contribution >= 0.6 is 24.0 Å². The first-order valence-electron chi connectivity index (χ1n) is 9.33. The lowest BCUT2D eigenvalue weighted by molar-refractivity contribution is -0.142. The SMILES string of the molecule is CN=C(NCc1cn(C)nc1C(F)(F)F)NC1CCCN(c2cccc(F)c2)C1.I. The summed E-state index contributed by atoms with van der Waals surface area (Å²) < 4.78 is 53.9. The Morgan fingerprint density at radius 1 is 1.33 bits per heavy atom. The number of rotatable bonds is 4. The summed E-state index contributed by atoms with van der Waals surface area (Å²) in [6.45, 7) is 1.41. The molecule has 1 unspecified atom stereocenters. The van der Waals surface area contributed by atoms with E-state index < -0.39 is 11.9 Å². The summed E-state index contributed by atoms with van der Waals surface area (Å²) in [6.07, 6.45) is -1.38. The number of nitrogens with one attached hydrogen (secondary N) is 2. The number of aryl methyl sites for hydroxylation is 1. The molecule has 166 valence electrons.